The van der Waals surface area contributed by atoms with Crippen molar-refractivity contribution in [3.63, 3.8) is 0 Å². The van der Waals surface area contributed by atoms with Crippen LogP contribution in [0.15, 0.2) is 40.7 Å². The van der Waals surface area contributed by atoms with Crippen LogP contribution in [0.3, 0.4) is 0 Å². The lowest BCUT2D eigenvalue weighted by Crippen LogP contribution is -2.37. The molecule has 1 aromatic carbocycles. The van der Waals surface area contributed by atoms with Crippen LogP contribution in [-0.4, -0.2) is 38.3 Å². The van der Waals surface area contributed by atoms with Crippen molar-refractivity contribution in [3.05, 3.63) is 41.4 Å². The number of ketones is 1. The van der Waals surface area contributed by atoms with Gasteiger partial charge in [-0.05, 0) is 25.5 Å². The lowest BCUT2D eigenvalue weighted by molar-refractivity contribution is 0.101. The van der Waals surface area contributed by atoms with E-state index in [0.717, 1.165) is 18.1 Å². The SMILES string of the molecule is CC(=O)c1cccc(S(=O)(=O)NC2CCN(c3nccs3)C2)c1. The minimum Gasteiger partial charge on any atom is -0.346 e. The summed E-state index contributed by atoms with van der Waals surface area (Å²) in [7, 11) is -3.64. The predicted octanol–water partition coefficient (Wildman–Crippen LogP) is 1.90. The maximum absolute atomic E-state index is 12.5. The monoisotopic (exact) mass is 351 g/mol. The lowest BCUT2D eigenvalue weighted by Gasteiger charge is -2.16. The molecule has 3 rings (SSSR count). The van der Waals surface area contributed by atoms with Crippen LogP contribution in [0.4, 0.5) is 5.13 Å². The third-order valence-corrected chi connectivity index (χ3v) is 6.10. The van der Waals surface area contributed by atoms with Gasteiger partial charge in [0.05, 0.1) is 4.90 Å². The molecule has 1 fully saturated rings. The Morgan fingerprint density at radius 2 is 2.26 bits per heavy atom. The number of benzene rings is 1. The highest BCUT2D eigenvalue weighted by molar-refractivity contribution is 7.89. The molecule has 1 aliphatic heterocycles. The normalized spacial score (nSPS) is 18.3. The average molecular weight is 351 g/mol. The molecule has 23 heavy (non-hydrogen) atoms. The second-order valence-corrected chi connectivity index (χ2v) is 8.04. The zero-order valence-electron chi connectivity index (χ0n) is 12.6. The highest BCUT2D eigenvalue weighted by atomic mass is 32.2. The van der Waals surface area contributed by atoms with Gasteiger partial charge in [-0.25, -0.2) is 18.1 Å². The number of carbonyl (C=O) groups excluding carboxylic acids is 1. The van der Waals surface area contributed by atoms with E-state index in [9.17, 15) is 13.2 Å². The minimum absolute atomic E-state index is 0.123. The molecule has 1 aliphatic rings. The highest BCUT2D eigenvalue weighted by Gasteiger charge is 2.28. The molecule has 2 heterocycles. The molecule has 6 nitrogen and oxygen atoms in total. The summed E-state index contributed by atoms with van der Waals surface area (Å²) >= 11 is 1.54. The van der Waals surface area contributed by atoms with Crippen LogP contribution in [0.25, 0.3) is 0 Å². The minimum atomic E-state index is -3.64. The van der Waals surface area contributed by atoms with Gasteiger partial charge < -0.3 is 4.90 Å². The summed E-state index contributed by atoms with van der Waals surface area (Å²) < 4.78 is 27.7. The van der Waals surface area contributed by atoms with Crippen LogP contribution in [0.5, 0.6) is 0 Å². The first-order chi connectivity index (χ1) is 11.0. The van der Waals surface area contributed by atoms with Gasteiger partial charge in [-0.3, -0.25) is 4.79 Å². The van der Waals surface area contributed by atoms with Crippen molar-refractivity contribution in [2.75, 3.05) is 18.0 Å². The van der Waals surface area contributed by atoms with Gasteiger partial charge in [-0.2, -0.15) is 0 Å². The molecule has 0 saturated carbocycles. The van der Waals surface area contributed by atoms with Crippen molar-refractivity contribution in [3.8, 4) is 0 Å². The largest absolute Gasteiger partial charge is 0.346 e. The number of Topliss-reactive ketones (excluding diaryl/α,β-unsaturated/α-hetero) is 1. The van der Waals surface area contributed by atoms with Crippen molar-refractivity contribution in [2.45, 2.75) is 24.3 Å². The first-order valence-corrected chi connectivity index (χ1v) is 9.60. The molecule has 0 aliphatic carbocycles. The van der Waals surface area contributed by atoms with Gasteiger partial charge in [0.25, 0.3) is 0 Å². The van der Waals surface area contributed by atoms with Crippen molar-refractivity contribution in [1.29, 1.82) is 0 Å². The Balaban J connectivity index is 1.72. The van der Waals surface area contributed by atoms with Crippen LogP contribution in [0.1, 0.15) is 23.7 Å². The molecule has 8 heteroatoms. The van der Waals surface area contributed by atoms with Gasteiger partial charge in [-0.1, -0.05) is 12.1 Å². The number of nitrogens with one attached hydrogen (secondary N) is 1. The fourth-order valence-electron chi connectivity index (χ4n) is 2.57. The topological polar surface area (TPSA) is 79.4 Å². The third-order valence-electron chi connectivity index (χ3n) is 3.75. The summed E-state index contributed by atoms with van der Waals surface area (Å²) in [5.41, 5.74) is 0.392. The van der Waals surface area contributed by atoms with Crippen LogP contribution in [-0.2, 0) is 10.0 Å². The number of anilines is 1. The molecule has 2 aromatic rings. The highest BCUT2D eigenvalue weighted by Crippen LogP contribution is 2.23. The molecule has 122 valence electrons. The summed E-state index contributed by atoms with van der Waals surface area (Å²) in [5.74, 6) is -0.155. The standard InChI is InChI=1S/C15H17N3O3S2/c1-11(19)12-3-2-4-14(9-12)23(20,21)17-13-5-7-18(10-13)15-16-6-8-22-15/h2-4,6,8-9,13,17H,5,7,10H2,1H3. The molecular weight excluding hydrogens is 334 g/mol. The Kier molecular flexibility index (Phi) is 4.47. The number of carbonyl (C=O) groups is 1. The Bertz CT molecular complexity index is 803. The lowest BCUT2D eigenvalue weighted by atomic mass is 10.2. The van der Waals surface area contributed by atoms with Gasteiger partial charge in [0.2, 0.25) is 10.0 Å². The number of rotatable bonds is 5. The van der Waals surface area contributed by atoms with Crippen molar-refractivity contribution < 1.29 is 13.2 Å². The quantitative estimate of drug-likeness (QED) is 0.833. The van der Waals surface area contributed by atoms with Crippen LogP contribution in [0.2, 0.25) is 0 Å². The zero-order valence-corrected chi connectivity index (χ0v) is 14.2. The fraction of sp³-hybridized carbons (Fsp3) is 0.333. The number of hydrogen-bond donors (Lipinski definition) is 1. The van der Waals surface area contributed by atoms with E-state index in [2.05, 4.69) is 14.6 Å². The van der Waals surface area contributed by atoms with E-state index in [1.807, 2.05) is 5.38 Å². The van der Waals surface area contributed by atoms with Gasteiger partial charge in [0.1, 0.15) is 0 Å². The summed E-state index contributed by atoms with van der Waals surface area (Å²) in [6.07, 6.45) is 2.47. The molecule has 1 N–H and O–H groups in total. The van der Waals surface area contributed by atoms with Gasteiger partial charge in [-0.15, -0.1) is 11.3 Å². The third kappa shape index (κ3) is 3.60. The summed E-state index contributed by atoms with van der Waals surface area (Å²) in [5, 5.41) is 2.81. The first-order valence-electron chi connectivity index (χ1n) is 7.23. The van der Waals surface area contributed by atoms with Crippen molar-refractivity contribution >= 4 is 32.3 Å². The molecule has 0 amide bonds. The van der Waals surface area contributed by atoms with E-state index in [1.165, 1.54) is 19.1 Å². The maximum atomic E-state index is 12.5. The zero-order chi connectivity index (χ0) is 16.4. The molecule has 0 spiro atoms. The van der Waals surface area contributed by atoms with E-state index in [1.54, 1.807) is 29.7 Å². The predicted molar refractivity (Wildman–Crippen MR) is 89.5 cm³/mol. The number of hydrogen-bond acceptors (Lipinski definition) is 6. The smallest absolute Gasteiger partial charge is 0.240 e. The number of aromatic nitrogens is 1. The molecule has 1 atom stereocenters. The van der Waals surface area contributed by atoms with Gasteiger partial charge in [0.15, 0.2) is 10.9 Å². The van der Waals surface area contributed by atoms with Crippen molar-refractivity contribution in [2.24, 2.45) is 0 Å². The van der Waals surface area contributed by atoms with Gasteiger partial charge >= 0.3 is 0 Å². The first kappa shape index (κ1) is 16.1. The van der Waals surface area contributed by atoms with Crippen molar-refractivity contribution in [1.82, 2.24) is 9.71 Å². The Hall–Kier alpha value is -1.77. The molecule has 0 bridgehead atoms. The van der Waals surface area contributed by atoms with E-state index in [0.29, 0.717) is 12.1 Å². The Labute approximate surface area is 139 Å². The number of nitrogens with zero attached hydrogens (tertiary/aromatic N) is 2. The number of thiazole rings is 1. The summed E-state index contributed by atoms with van der Waals surface area (Å²) in [6.45, 7) is 2.79. The van der Waals surface area contributed by atoms with E-state index in [-0.39, 0.29) is 16.7 Å². The molecule has 1 unspecified atom stereocenters. The van der Waals surface area contributed by atoms with Crippen LogP contribution >= 0.6 is 11.3 Å². The van der Waals surface area contributed by atoms with Crippen LogP contribution in [0, 0.1) is 0 Å². The van der Waals surface area contributed by atoms with E-state index in [4.69, 9.17) is 0 Å². The molecular formula is C15H17N3O3S2. The second kappa shape index (κ2) is 6.38. The van der Waals surface area contributed by atoms with Crippen LogP contribution < -0.4 is 9.62 Å². The van der Waals surface area contributed by atoms with E-state index >= 15 is 0 Å². The fourth-order valence-corrected chi connectivity index (χ4v) is 4.56. The average Bonchev–Trinajstić information content (AvgIpc) is 3.18. The van der Waals surface area contributed by atoms with Gasteiger partial charge in [0, 0.05) is 36.3 Å². The summed E-state index contributed by atoms with van der Waals surface area (Å²) in [4.78, 5) is 17.9. The molecule has 0 radical (unpaired) electrons. The molecule has 1 aromatic heterocycles. The Morgan fingerprint density at radius 3 is 2.96 bits per heavy atom. The number of sulfonamides is 1. The maximum Gasteiger partial charge on any atom is 0.240 e. The molecule has 1 saturated heterocycles. The Morgan fingerprint density at radius 1 is 1.43 bits per heavy atom. The second-order valence-electron chi connectivity index (χ2n) is 5.45. The summed E-state index contributed by atoms with van der Waals surface area (Å²) in [6, 6.07) is 5.95. The van der Waals surface area contributed by atoms with E-state index < -0.39 is 10.0 Å².